The lowest BCUT2D eigenvalue weighted by atomic mass is 9.86. The molecule has 0 spiro atoms. The fourth-order valence-electron chi connectivity index (χ4n) is 11.0. The largest absolute Gasteiger partial charge is 0.469 e. The molecule has 2 rings (SSSR count). The van der Waals surface area contributed by atoms with Gasteiger partial charge < -0.3 is 29.1 Å². The van der Waals surface area contributed by atoms with Crippen molar-refractivity contribution < 1.29 is 52.5 Å². The Morgan fingerprint density at radius 3 is 1.52 bits per heavy atom. The molecule has 0 radical (unpaired) electrons. The molecule has 0 amide bonds. The van der Waals surface area contributed by atoms with Crippen molar-refractivity contribution in [3.8, 4) is 0 Å². The molecule has 13 heteroatoms. The summed E-state index contributed by atoms with van der Waals surface area (Å²) in [5, 5.41) is 3.39. The van der Waals surface area contributed by atoms with E-state index < -0.39 is 11.9 Å². The SMILES string of the molecule is C=C(CCCCCCC/C=C\C/C=C\C=C\C(CC)C(CC)C(=O)OC)NCC(CC)OC(=O)CCCCCC/C=C/C(CCCCCCCC)C1CC(=O)OC1=O.CC.CC.CCCCCC(/C=C/C=C\CCCCCCCC(C)=O)C1CC(=O)OC1=O.CS. The Morgan fingerprint density at radius 2 is 1.00 bits per heavy atom. The van der Waals surface area contributed by atoms with Gasteiger partial charge >= 0.3 is 35.8 Å². The molecule has 2 saturated heterocycles. The van der Waals surface area contributed by atoms with E-state index in [-0.39, 0.29) is 84.1 Å². The second kappa shape index (κ2) is 66.7. The molecule has 2 aliphatic heterocycles. The van der Waals surface area contributed by atoms with Crippen LogP contribution in [0.5, 0.6) is 0 Å². The minimum Gasteiger partial charge on any atom is -0.469 e. The summed E-state index contributed by atoms with van der Waals surface area (Å²) in [4.78, 5) is 82.6. The number of hydrogen-bond acceptors (Lipinski definition) is 13. The lowest BCUT2D eigenvalue weighted by Gasteiger charge is -2.19. The van der Waals surface area contributed by atoms with Crippen LogP contribution in [0.15, 0.2) is 85.2 Å². The maximum atomic E-state index is 12.5. The maximum Gasteiger partial charge on any atom is 0.317 e. The van der Waals surface area contributed by atoms with Crippen LogP contribution in [0.1, 0.15) is 307 Å². The summed E-state index contributed by atoms with van der Waals surface area (Å²) in [6.07, 6.45) is 64.0. The summed E-state index contributed by atoms with van der Waals surface area (Å²) in [5.74, 6) is -1.84. The molecule has 0 bridgehead atoms. The van der Waals surface area contributed by atoms with Crippen LogP contribution in [-0.4, -0.2) is 67.6 Å². The fourth-order valence-corrected chi connectivity index (χ4v) is 11.0. The molecule has 1 N–H and O–H groups in total. The Labute approximate surface area is 562 Å². The van der Waals surface area contributed by atoms with Gasteiger partial charge in [0.05, 0.1) is 44.2 Å². The van der Waals surface area contributed by atoms with E-state index in [2.05, 4.69) is 106 Å². The third kappa shape index (κ3) is 51.3. The van der Waals surface area contributed by atoms with E-state index in [4.69, 9.17) is 18.9 Å². The van der Waals surface area contributed by atoms with Crippen LogP contribution in [0.4, 0.5) is 0 Å². The van der Waals surface area contributed by atoms with Crippen molar-refractivity contribution in [2.45, 2.75) is 313 Å². The number of methoxy groups -OCH3 is 1. The van der Waals surface area contributed by atoms with Gasteiger partial charge in [-0.25, -0.2) is 0 Å². The highest BCUT2D eigenvalue weighted by molar-refractivity contribution is 7.79. The van der Waals surface area contributed by atoms with Gasteiger partial charge in [-0.2, -0.15) is 12.6 Å². The standard InChI is InChI=1S/C50H83NO7.C23H36O4.2C2H6.CH4S/c1-7-11-12-13-25-31-36-43(46-39-48(53)58-50(46)55)37-32-27-22-23-28-33-38-47(52)57-44(9-3)40-51-41(5)34-29-24-20-18-16-14-15-17-19-21-26-30-35-42(8-2)45(10-4)49(54)56-6;1-3-4-12-16-20(21-18-22(25)27-23(21)26)17-14-11-9-7-5-6-8-10-13-15-19(2)24;3*1-2/h15,17,21,26,30,32,35,37,42-46,51H,5,7-14,16,18-20,22-25,27-29,31,33-34,36,38-40H2,1-4,6H3;9,11,14,17,20-21H,3-8,10,12-13,15-16,18H2,1-2H3;2*1-2H3;2H,1H3/b17-15-,26-21-,35-30+,37-32+;11-9-,17-14+;;;. The Hall–Kier alpha value is -4.78. The van der Waals surface area contributed by atoms with E-state index in [9.17, 15) is 33.6 Å². The molecule has 2 fully saturated rings. The van der Waals surface area contributed by atoms with Gasteiger partial charge in [-0.3, -0.25) is 28.8 Å². The minimum atomic E-state index is -0.396. The van der Waals surface area contributed by atoms with Gasteiger partial charge in [0.2, 0.25) is 0 Å². The van der Waals surface area contributed by atoms with Crippen LogP contribution >= 0.6 is 12.6 Å². The summed E-state index contributed by atoms with van der Waals surface area (Å²) in [7, 11) is 1.46. The highest BCUT2D eigenvalue weighted by Crippen LogP contribution is 2.32. The number of unbranched alkanes of at least 4 members (excludes halogenated alkanes) is 21. The Balaban J connectivity index is -0.00000195. The summed E-state index contributed by atoms with van der Waals surface area (Å²) in [5.41, 5.74) is 1.01. The molecule has 7 unspecified atom stereocenters. The normalized spacial score (nSPS) is 16.3. The van der Waals surface area contributed by atoms with Crippen LogP contribution in [0.2, 0.25) is 0 Å². The van der Waals surface area contributed by atoms with E-state index in [0.717, 1.165) is 153 Å². The summed E-state index contributed by atoms with van der Waals surface area (Å²) in [6.45, 7) is 25.0. The molecular formula is C78H135NO11S. The molecule has 7 atom stereocenters. The number of nitrogens with one attached hydrogen (secondary N) is 1. The van der Waals surface area contributed by atoms with Crippen LogP contribution in [0.25, 0.3) is 0 Å². The number of carbonyl (C=O) groups excluding carboxylic acids is 7. The van der Waals surface area contributed by atoms with Crippen molar-refractivity contribution in [1.29, 1.82) is 0 Å². The predicted octanol–water partition coefficient (Wildman–Crippen LogP) is 21.1. The molecule has 2 heterocycles. The summed E-state index contributed by atoms with van der Waals surface area (Å²) < 4.78 is 20.3. The van der Waals surface area contributed by atoms with Gasteiger partial charge in [-0.05, 0) is 134 Å². The first-order valence-electron chi connectivity index (χ1n) is 36.3. The van der Waals surface area contributed by atoms with Crippen LogP contribution in [0, 0.1) is 35.5 Å². The number of allylic oxidation sites excluding steroid dienone is 13. The monoisotopic (exact) mass is 1290 g/mol. The first kappa shape index (κ1) is 90.4. The lowest BCUT2D eigenvalue weighted by molar-refractivity contribution is -0.155. The number of esters is 6. The fraction of sp³-hybridized carbons (Fsp3) is 0.731. The average Bonchev–Trinajstić information content (AvgIpc) is 2.08. The van der Waals surface area contributed by atoms with E-state index in [0.29, 0.717) is 19.4 Å². The van der Waals surface area contributed by atoms with E-state index in [1.165, 1.54) is 71.3 Å². The number of ether oxygens (including phenoxy) is 4. The van der Waals surface area contributed by atoms with Crippen molar-refractivity contribution in [1.82, 2.24) is 5.32 Å². The molecule has 2 aliphatic rings. The number of hydrogen-bond donors (Lipinski definition) is 2. The number of carbonyl (C=O) groups is 7. The minimum absolute atomic E-state index is 0.0674. The van der Waals surface area contributed by atoms with Gasteiger partial charge in [0, 0.05) is 18.5 Å². The zero-order valence-corrected chi connectivity index (χ0v) is 60.9. The molecule has 0 aromatic carbocycles. The van der Waals surface area contributed by atoms with Gasteiger partial charge in [0.15, 0.2) is 0 Å². The van der Waals surface area contributed by atoms with Crippen molar-refractivity contribution >= 4 is 54.2 Å². The topological polar surface area (TPSA) is 168 Å². The summed E-state index contributed by atoms with van der Waals surface area (Å²) in [6, 6.07) is 0. The summed E-state index contributed by atoms with van der Waals surface area (Å²) >= 11 is 3.53. The number of thiol groups is 1. The highest BCUT2D eigenvalue weighted by Gasteiger charge is 2.39. The van der Waals surface area contributed by atoms with Crippen molar-refractivity contribution in [2.24, 2.45) is 35.5 Å². The zero-order chi connectivity index (χ0) is 68.6. The first-order valence-corrected chi connectivity index (χ1v) is 37.2. The van der Waals surface area contributed by atoms with E-state index in [1.54, 1.807) is 13.2 Å². The molecule has 0 saturated carbocycles. The molecule has 12 nitrogen and oxygen atoms in total. The van der Waals surface area contributed by atoms with Gasteiger partial charge in [0.1, 0.15) is 11.9 Å². The van der Waals surface area contributed by atoms with Crippen LogP contribution in [0.3, 0.4) is 0 Å². The highest BCUT2D eigenvalue weighted by atomic mass is 32.1. The molecule has 0 aliphatic carbocycles. The van der Waals surface area contributed by atoms with E-state index in [1.807, 2.05) is 53.7 Å². The predicted molar refractivity (Wildman–Crippen MR) is 385 cm³/mol. The van der Waals surface area contributed by atoms with Crippen LogP contribution < -0.4 is 5.32 Å². The second-order valence-electron chi connectivity index (χ2n) is 23.7. The molecule has 0 aromatic rings. The van der Waals surface area contributed by atoms with E-state index >= 15 is 0 Å². The quantitative estimate of drug-likeness (QED) is 0.0113. The smallest absolute Gasteiger partial charge is 0.317 e. The molecule has 91 heavy (non-hydrogen) atoms. The molecule has 0 aromatic heterocycles. The number of cyclic esters (lactones) is 4. The Morgan fingerprint density at radius 1 is 0.538 bits per heavy atom. The van der Waals surface area contributed by atoms with Gasteiger partial charge in [0.25, 0.3) is 0 Å². The first-order chi connectivity index (χ1) is 44.2. The lowest BCUT2D eigenvalue weighted by Crippen LogP contribution is -2.30. The Bertz CT molecular complexity index is 2040. The third-order valence-corrected chi connectivity index (χ3v) is 16.4. The second-order valence-corrected chi connectivity index (χ2v) is 23.7. The molecular weight excluding hydrogens is 1160 g/mol. The van der Waals surface area contributed by atoms with Gasteiger partial charge in [-0.1, -0.05) is 251 Å². The third-order valence-electron chi connectivity index (χ3n) is 16.4. The van der Waals surface area contributed by atoms with Gasteiger partial charge in [-0.15, -0.1) is 0 Å². The number of rotatable bonds is 52. The molecule has 524 valence electrons. The Kier molecular flexibility index (Phi) is 66.2. The maximum absolute atomic E-state index is 12.5. The van der Waals surface area contributed by atoms with Crippen molar-refractivity contribution in [3.63, 3.8) is 0 Å². The van der Waals surface area contributed by atoms with Crippen LogP contribution in [-0.2, 0) is 52.5 Å². The van der Waals surface area contributed by atoms with Crippen molar-refractivity contribution in [2.75, 3.05) is 19.9 Å². The van der Waals surface area contributed by atoms with Crippen molar-refractivity contribution in [3.05, 3.63) is 85.2 Å². The number of ketones is 1. The zero-order valence-electron chi connectivity index (χ0n) is 60.0. The number of Topliss-reactive ketones (excluding diaryl/α,β-unsaturated/α-hetero) is 1. The average molecular weight is 1300 g/mol.